The van der Waals surface area contributed by atoms with Crippen LogP contribution < -0.4 is 5.32 Å². The Labute approximate surface area is 125 Å². The highest BCUT2D eigenvalue weighted by Gasteiger charge is 2.33. The van der Waals surface area contributed by atoms with Gasteiger partial charge in [0.15, 0.2) is 0 Å². The molecule has 21 heavy (non-hydrogen) atoms. The Morgan fingerprint density at radius 2 is 2.14 bits per heavy atom. The maximum atomic E-state index is 12.5. The molecule has 1 aliphatic rings. The summed E-state index contributed by atoms with van der Waals surface area (Å²) in [6, 6.07) is 1.58. The summed E-state index contributed by atoms with van der Waals surface area (Å²) in [6.07, 6.45) is 0.674. The predicted octanol–water partition coefficient (Wildman–Crippen LogP) is 1.08. The zero-order valence-electron chi connectivity index (χ0n) is 13.2. The van der Waals surface area contributed by atoms with Crippen LogP contribution in [0.5, 0.6) is 0 Å². The van der Waals surface area contributed by atoms with Crippen LogP contribution in [0.1, 0.15) is 38.6 Å². The molecule has 0 aliphatic carbocycles. The Bertz CT molecular complexity index is 536. The fraction of sp³-hybridized carbons (Fsp3) is 0.667. The normalized spacial score (nSPS) is 19.3. The minimum atomic E-state index is -0.398. The third-order valence-electron chi connectivity index (χ3n) is 3.62. The van der Waals surface area contributed by atoms with E-state index in [1.165, 1.54) is 0 Å². The number of hydrogen-bond donors (Lipinski definition) is 1. The van der Waals surface area contributed by atoms with Crippen molar-refractivity contribution in [3.05, 3.63) is 17.5 Å². The number of aryl methyl sites for hydroxylation is 2. The van der Waals surface area contributed by atoms with Crippen LogP contribution in [0.15, 0.2) is 6.07 Å². The van der Waals surface area contributed by atoms with Gasteiger partial charge in [-0.25, -0.2) is 0 Å². The molecule has 6 nitrogen and oxygen atoms in total. The van der Waals surface area contributed by atoms with Gasteiger partial charge in [-0.15, -0.1) is 0 Å². The van der Waals surface area contributed by atoms with E-state index < -0.39 is 6.04 Å². The fourth-order valence-corrected chi connectivity index (χ4v) is 2.73. The Balaban J connectivity index is 2.14. The third-order valence-corrected chi connectivity index (χ3v) is 3.62. The molecule has 1 aromatic heterocycles. The molecular weight excluding hydrogens is 268 g/mol. The monoisotopic (exact) mass is 292 g/mol. The van der Waals surface area contributed by atoms with Crippen molar-refractivity contribution in [3.8, 4) is 0 Å². The van der Waals surface area contributed by atoms with Gasteiger partial charge in [-0.05, 0) is 32.3 Å². The van der Waals surface area contributed by atoms with Crippen molar-refractivity contribution in [3.63, 3.8) is 0 Å². The highest BCUT2D eigenvalue weighted by Crippen LogP contribution is 2.15. The van der Waals surface area contributed by atoms with E-state index in [1.54, 1.807) is 4.90 Å². The average molecular weight is 292 g/mol. The van der Waals surface area contributed by atoms with E-state index in [2.05, 4.69) is 10.4 Å². The zero-order chi connectivity index (χ0) is 15.6. The van der Waals surface area contributed by atoms with Gasteiger partial charge in [-0.2, -0.15) is 5.10 Å². The molecule has 1 atom stereocenters. The van der Waals surface area contributed by atoms with E-state index in [-0.39, 0.29) is 18.4 Å². The number of rotatable bonds is 5. The minimum Gasteiger partial charge on any atom is -0.343 e. The summed E-state index contributed by atoms with van der Waals surface area (Å²) in [5, 5.41) is 7.18. The molecule has 1 aromatic rings. The lowest BCUT2D eigenvalue weighted by Crippen LogP contribution is -2.58. The molecule has 1 saturated heterocycles. The van der Waals surface area contributed by atoms with Crippen molar-refractivity contribution >= 4 is 11.8 Å². The summed E-state index contributed by atoms with van der Waals surface area (Å²) in [5.74, 6) is 0.284. The van der Waals surface area contributed by atoms with Crippen LogP contribution in [-0.2, 0) is 22.7 Å². The summed E-state index contributed by atoms with van der Waals surface area (Å²) < 4.78 is 1.88. The summed E-state index contributed by atoms with van der Waals surface area (Å²) >= 11 is 0. The van der Waals surface area contributed by atoms with E-state index in [1.807, 2.05) is 38.4 Å². The molecular formula is C15H24N4O2. The van der Waals surface area contributed by atoms with Gasteiger partial charge in [0.05, 0.1) is 17.9 Å². The molecule has 2 heterocycles. The molecule has 0 aromatic carbocycles. The van der Waals surface area contributed by atoms with Gasteiger partial charge in [-0.1, -0.05) is 13.8 Å². The number of nitrogens with zero attached hydrogens (tertiary/aromatic N) is 3. The van der Waals surface area contributed by atoms with Crippen LogP contribution in [-0.4, -0.2) is 39.1 Å². The fourth-order valence-electron chi connectivity index (χ4n) is 2.73. The second kappa shape index (κ2) is 6.28. The van der Waals surface area contributed by atoms with Crippen LogP contribution in [0.2, 0.25) is 0 Å². The summed E-state index contributed by atoms with van der Waals surface area (Å²) in [7, 11) is 0. The Morgan fingerprint density at radius 1 is 1.43 bits per heavy atom. The van der Waals surface area contributed by atoms with Crippen molar-refractivity contribution in [2.45, 2.75) is 53.2 Å². The van der Waals surface area contributed by atoms with Gasteiger partial charge in [0.1, 0.15) is 12.6 Å². The molecule has 0 bridgehead atoms. The van der Waals surface area contributed by atoms with Gasteiger partial charge in [0, 0.05) is 6.54 Å². The number of aromatic nitrogens is 2. The maximum absolute atomic E-state index is 12.5. The SMILES string of the molecule is CCn1nc(C)cc1CN1CC(=O)NC(CC(C)C)C1=O. The van der Waals surface area contributed by atoms with Crippen LogP contribution in [0.4, 0.5) is 0 Å². The first-order valence-corrected chi connectivity index (χ1v) is 7.52. The van der Waals surface area contributed by atoms with Crippen molar-refractivity contribution in [2.75, 3.05) is 6.54 Å². The van der Waals surface area contributed by atoms with Crippen LogP contribution in [0, 0.1) is 12.8 Å². The standard InChI is InChI=1S/C15H24N4O2/c1-5-19-12(7-11(4)17-19)8-18-9-14(20)16-13(15(18)21)6-10(2)3/h7,10,13H,5-6,8-9H2,1-4H3,(H,16,20). The molecule has 1 aliphatic heterocycles. The molecule has 6 heteroatoms. The van der Waals surface area contributed by atoms with E-state index in [0.29, 0.717) is 18.9 Å². The molecule has 2 amide bonds. The second-order valence-electron chi connectivity index (χ2n) is 6.04. The average Bonchev–Trinajstić information content (AvgIpc) is 2.74. The summed E-state index contributed by atoms with van der Waals surface area (Å²) in [6.45, 7) is 9.37. The third kappa shape index (κ3) is 3.62. The second-order valence-corrected chi connectivity index (χ2v) is 6.04. The molecule has 2 rings (SSSR count). The van der Waals surface area contributed by atoms with Gasteiger partial charge >= 0.3 is 0 Å². The van der Waals surface area contributed by atoms with E-state index >= 15 is 0 Å². The van der Waals surface area contributed by atoms with Crippen LogP contribution in [0.25, 0.3) is 0 Å². The first-order valence-electron chi connectivity index (χ1n) is 7.52. The Hall–Kier alpha value is -1.85. The van der Waals surface area contributed by atoms with Gasteiger partial charge < -0.3 is 10.2 Å². The first kappa shape index (κ1) is 15.5. The van der Waals surface area contributed by atoms with Gasteiger partial charge in [-0.3, -0.25) is 14.3 Å². The molecule has 0 radical (unpaired) electrons. The number of hydrogen-bond acceptors (Lipinski definition) is 3. The lowest BCUT2D eigenvalue weighted by atomic mass is 10.0. The van der Waals surface area contributed by atoms with Gasteiger partial charge in [0.2, 0.25) is 11.8 Å². The number of carbonyl (C=O) groups excluding carboxylic acids is 2. The quantitative estimate of drug-likeness (QED) is 0.883. The lowest BCUT2D eigenvalue weighted by Gasteiger charge is -2.33. The van der Waals surface area contributed by atoms with Crippen LogP contribution in [0.3, 0.4) is 0 Å². The number of carbonyl (C=O) groups is 2. The smallest absolute Gasteiger partial charge is 0.245 e. The summed E-state index contributed by atoms with van der Waals surface area (Å²) in [5.41, 5.74) is 1.90. The molecule has 1 unspecified atom stereocenters. The molecule has 116 valence electrons. The predicted molar refractivity (Wildman–Crippen MR) is 79.4 cm³/mol. The number of piperazine rings is 1. The molecule has 0 spiro atoms. The highest BCUT2D eigenvalue weighted by molar-refractivity contribution is 5.94. The Kier molecular flexibility index (Phi) is 4.65. The van der Waals surface area contributed by atoms with Crippen molar-refractivity contribution in [2.24, 2.45) is 5.92 Å². The van der Waals surface area contributed by atoms with Crippen LogP contribution >= 0.6 is 0 Å². The zero-order valence-corrected chi connectivity index (χ0v) is 13.2. The van der Waals surface area contributed by atoms with E-state index in [9.17, 15) is 9.59 Å². The van der Waals surface area contributed by atoms with Crippen molar-refractivity contribution < 1.29 is 9.59 Å². The van der Waals surface area contributed by atoms with E-state index in [0.717, 1.165) is 17.9 Å². The van der Waals surface area contributed by atoms with Gasteiger partial charge in [0.25, 0.3) is 0 Å². The largest absolute Gasteiger partial charge is 0.343 e. The maximum Gasteiger partial charge on any atom is 0.245 e. The topological polar surface area (TPSA) is 67.2 Å². The van der Waals surface area contributed by atoms with Crippen molar-refractivity contribution in [1.29, 1.82) is 0 Å². The molecule has 1 fully saturated rings. The van der Waals surface area contributed by atoms with E-state index in [4.69, 9.17) is 0 Å². The molecule has 1 N–H and O–H groups in total. The lowest BCUT2D eigenvalue weighted by molar-refractivity contribution is -0.145. The number of nitrogens with one attached hydrogen (secondary N) is 1. The first-order chi connectivity index (χ1) is 9.90. The highest BCUT2D eigenvalue weighted by atomic mass is 16.2. The Morgan fingerprint density at radius 3 is 2.76 bits per heavy atom. The van der Waals surface area contributed by atoms with Crippen molar-refractivity contribution in [1.82, 2.24) is 20.0 Å². The minimum absolute atomic E-state index is 0.00445. The number of amides is 2. The summed E-state index contributed by atoms with van der Waals surface area (Å²) in [4.78, 5) is 26.0. The molecule has 0 saturated carbocycles.